The van der Waals surface area contributed by atoms with E-state index in [1.807, 2.05) is 41.5 Å². The summed E-state index contributed by atoms with van der Waals surface area (Å²) in [5.74, 6) is -0.413. The number of ether oxygens (including phenoxy) is 1. The Balaban J connectivity index is 1.84. The number of benzene rings is 2. The smallest absolute Gasteiger partial charge is 0.409 e. The van der Waals surface area contributed by atoms with Crippen LogP contribution >= 0.6 is 0 Å². The minimum absolute atomic E-state index is 0.00110. The molecule has 11 heteroatoms. The van der Waals surface area contributed by atoms with Gasteiger partial charge in [0.15, 0.2) is 0 Å². The number of unbranched alkanes of at least 4 members (excludes halogenated alkanes) is 1. The van der Waals surface area contributed by atoms with Crippen LogP contribution in [0, 0.1) is 10.8 Å². The number of ketones is 1. The van der Waals surface area contributed by atoms with Crippen molar-refractivity contribution in [1.82, 2.24) is 15.1 Å². The second-order valence-electron chi connectivity index (χ2n) is 12.9. The molecule has 0 saturated carbocycles. The summed E-state index contributed by atoms with van der Waals surface area (Å²) in [6.07, 6.45) is 1.29. The first-order valence-electron chi connectivity index (χ1n) is 14.8. The van der Waals surface area contributed by atoms with E-state index in [-0.39, 0.29) is 35.0 Å². The monoisotopic (exact) mass is 609 g/mol. The van der Waals surface area contributed by atoms with Gasteiger partial charge in [0, 0.05) is 51.0 Å². The molecule has 2 rings (SSSR count). The molecule has 0 fully saturated rings. The number of nitrogens with zero attached hydrogens (tertiary/aromatic N) is 4. The number of azo groups is 1. The summed E-state index contributed by atoms with van der Waals surface area (Å²) in [6.45, 7) is 12.4. The summed E-state index contributed by atoms with van der Waals surface area (Å²) in [5, 5.41) is 21.3. The lowest BCUT2D eigenvalue weighted by molar-refractivity contribution is -0.138. The number of hydrogen-bond acceptors (Lipinski definition) is 8. The highest BCUT2D eigenvalue weighted by Crippen LogP contribution is 2.26. The van der Waals surface area contributed by atoms with E-state index >= 15 is 0 Å². The Morgan fingerprint density at radius 3 is 2.02 bits per heavy atom. The number of Topliss-reactive ketones (excluding diaryl/α,β-unsaturated/α-hetero) is 1. The van der Waals surface area contributed by atoms with Gasteiger partial charge in [-0.25, -0.2) is 4.79 Å². The Morgan fingerprint density at radius 1 is 0.818 bits per heavy atom. The van der Waals surface area contributed by atoms with Gasteiger partial charge in [-0.3, -0.25) is 14.4 Å². The first kappa shape index (κ1) is 35.9. The van der Waals surface area contributed by atoms with E-state index in [9.17, 15) is 24.3 Å². The molecule has 0 aromatic heterocycles. The van der Waals surface area contributed by atoms with Crippen LogP contribution in [0.15, 0.2) is 52.7 Å². The van der Waals surface area contributed by atoms with Crippen LogP contribution < -0.4 is 5.32 Å². The zero-order valence-electron chi connectivity index (χ0n) is 27.3. The first-order chi connectivity index (χ1) is 20.5. The van der Waals surface area contributed by atoms with Gasteiger partial charge in [-0.15, -0.1) is 0 Å². The van der Waals surface area contributed by atoms with E-state index in [0.717, 1.165) is 5.56 Å². The fourth-order valence-electron chi connectivity index (χ4n) is 3.95. The van der Waals surface area contributed by atoms with Crippen LogP contribution in [0.4, 0.5) is 16.2 Å². The van der Waals surface area contributed by atoms with Crippen molar-refractivity contribution in [2.45, 2.75) is 67.4 Å². The predicted octanol–water partition coefficient (Wildman–Crippen LogP) is 6.40. The van der Waals surface area contributed by atoms with Crippen LogP contribution in [0.5, 0.6) is 5.75 Å². The highest BCUT2D eigenvalue weighted by molar-refractivity contribution is 5.97. The van der Waals surface area contributed by atoms with Gasteiger partial charge >= 0.3 is 6.09 Å². The molecule has 0 bridgehead atoms. The van der Waals surface area contributed by atoms with E-state index in [2.05, 4.69) is 15.5 Å². The van der Waals surface area contributed by atoms with E-state index in [4.69, 9.17) is 4.74 Å². The molecule has 0 radical (unpaired) electrons. The summed E-state index contributed by atoms with van der Waals surface area (Å²) < 4.78 is 5.38. The minimum Gasteiger partial charge on any atom is -0.507 e. The molecule has 0 atom stereocenters. The standard InChI is InChI=1S/C33H47N5O6/c1-32(2,3)28(40)11-9-10-18-34-29(41)26-21-25(16-17-27(26)39)36-35-24-14-12-23(13-15-24)22-44-31(43)38(8)20-19-37(7)30(42)33(4,5)6/h12-17,21,39H,9-11,18-20,22H2,1-8H3,(H,34,41)/b36-35+. The van der Waals surface area contributed by atoms with Crippen LogP contribution in [-0.4, -0.2) is 72.3 Å². The molecule has 240 valence electrons. The molecule has 2 aromatic carbocycles. The Labute approximate surface area is 260 Å². The minimum atomic E-state index is -0.492. The zero-order valence-corrected chi connectivity index (χ0v) is 27.3. The van der Waals surface area contributed by atoms with Crippen molar-refractivity contribution >= 4 is 35.1 Å². The fourth-order valence-corrected chi connectivity index (χ4v) is 3.95. The van der Waals surface area contributed by atoms with Crippen molar-refractivity contribution in [2.24, 2.45) is 21.1 Å². The molecule has 0 heterocycles. The lowest BCUT2D eigenvalue weighted by Crippen LogP contribution is -2.41. The third-order valence-corrected chi connectivity index (χ3v) is 6.83. The molecule has 3 amide bonds. The van der Waals surface area contributed by atoms with Crippen LogP contribution in [0.2, 0.25) is 0 Å². The molecule has 44 heavy (non-hydrogen) atoms. The van der Waals surface area contributed by atoms with Crippen molar-refractivity contribution in [3.63, 3.8) is 0 Å². The normalized spacial score (nSPS) is 11.7. The highest BCUT2D eigenvalue weighted by atomic mass is 16.6. The van der Waals surface area contributed by atoms with Gasteiger partial charge < -0.3 is 25.0 Å². The molecule has 0 aliphatic rings. The Morgan fingerprint density at radius 2 is 1.41 bits per heavy atom. The number of rotatable bonds is 13. The Kier molecular flexibility index (Phi) is 13.0. The first-order valence-corrected chi connectivity index (χ1v) is 14.8. The van der Waals surface area contributed by atoms with E-state index in [1.54, 1.807) is 49.3 Å². The number of carbonyl (C=O) groups is 4. The highest BCUT2D eigenvalue weighted by Gasteiger charge is 2.25. The molecular weight excluding hydrogens is 562 g/mol. The van der Waals surface area contributed by atoms with Crippen molar-refractivity contribution in [3.8, 4) is 5.75 Å². The summed E-state index contributed by atoms with van der Waals surface area (Å²) in [6, 6.07) is 11.4. The summed E-state index contributed by atoms with van der Waals surface area (Å²) >= 11 is 0. The molecule has 2 N–H and O–H groups in total. The second-order valence-corrected chi connectivity index (χ2v) is 12.9. The van der Waals surface area contributed by atoms with Gasteiger partial charge in [0.25, 0.3) is 5.91 Å². The lowest BCUT2D eigenvalue weighted by atomic mass is 9.88. The number of hydrogen-bond donors (Lipinski definition) is 2. The van der Waals surface area contributed by atoms with Gasteiger partial charge in [0.05, 0.1) is 16.9 Å². The Bertz CT molecular complexity index is 1330. The number of likely N-dealkylation sites (N-methyl/N-ethyl adjacent to an activating group) is 2. The maximum atomic E-state index is 12.6. The number of nitrogens with one attached hydrogen (secondary N) is 1. The quantitative estimate of drug-likeness (QED) is 0.199. The van der Waals surface area contributed by atoms with Crippen LogP contribution in [-0.2, 0) is 20.9 Å². The second kappa shape index (κ2) is 16.0. The molecule has 2 aromatic rings. The van der Waals surface area contributed by atoms with Crippen LogP contribution in [0.25, 0.3) is 0 Å². The number of phenolic OH excluding ortho intramolecular Hbond substituents is 1. The number of carbonyl (C=O) groups excluding carboxylic acids is 4. The zero-order chi connectivity index (χ0) is 33.1. The molecule has 0 saturated heterocycles. The molecule has 0 spiro atoms. The topological polar surface area (TPSA) is 141 Å². The summed E-state index contributed by atoms with van der Waals surface area (Å²) in [5.41, 5.74) is 0.928. The van der Waals surface area contributed by atoms with Gasteiger partial charge in [-0.1, -0.05) is 53.7 Å². The summed E-state index contributed by atoms with van der Waals surface area (Å²) in [4.78, 5) is 52.3. The third kappa shape index (κ3) is 11.8. The SMILES string of the molecule is CN(CCN(C)C(=O)C(C)(C)C)C(=O)OCc1ccc(/N=N/c2ccc(O)c(C(=O)NCCCCC(=O)C(C)(C)C)c2)cc1. The van der Waals surface area contributed by atoms with E-state index in [0.29, 0.717) is 50.3 Å². The average molecular weight is 610 g/mol. The largest absolute Gasteiger partial charge is 0.507 e. The molecule has 11 nitrogen and oxygen atoms in total. The maximum Gasteiger partial charge on any atom is 0.409 e. The van der Waals surface area contributed by atoms with Crippen molar-refractivity contribution in [3.05, 3.63) is 53.6 Å². The van der Waals surface area contributed by atoms with E-state index in [1.165, 1.54) is 17.0 Å². The molecule has 0 unspecified atom stereocenters. The average Bonchev–Trinajstić information content (AvgIpc) is 2.96. The van der Waals surface area contributed by atoms with Crippen molar-refractivity contribution in [2.75, 3.05) is 33.7 Å². The Hall–Kier alpha value is -4.28. The van der Waals surface area contributed by atoms with Gasteiger partial charge in [-0.2, -0.15) is 10.2 Å². The van der Waals surface area contributed by atoms with Gasteiger partial charge in [0.2, 0.25) is 5.91 Å². The van der Waals surface area contributed by atoms with Crippen molar-refractivity contribution < 1.29 is 29.0 Å². The number of amides is 3. The molecular formula is C33H47N5O6. The third-order valence-electron chi connectivity index (χ3n) is 6.83. The van der Waals surface area contributed by atoms with Crippen molar-refractivity contribution in [1.29, 1.82) is 0 Å². The number of phenols is 1. The van der Waals surface area contributed by atoms with Gasteiger partial charge in [0.1, 0.15) is 18.1 Å². The van der Waals surface area contributed by atoms with Crippen LogP contribution in [0.1, 0.15) is 76.7 Å². The van der Waals surface area contributed by atoms with E-state index < -0.39 is 17.4 Å². The number of aromatic hydroxyl groups is 1. The summed E-state index contributed by atoms with van der Waals surface area (Å²) in [7, 11) is 3.34. The lowest BCUT2D eigenvalue weighted by Gasteiger charge is -2.27. The predicted molar refractivity (Wildman–Crippen MR) is 169 cm³/mol. The maximum absolute atomic E-state index is 12.6. The molecule has 0 aliphatic heterocycles. The molecule has 0 aliphatic carbocycles. The van der Waals surface area contributed by atoms with Gasteiger partial charge in [-0.05, 0) is 48.7 Å². The van der Waals surface area contributed by atoms with Crippen LogP contribution in [0.3, 0.4) is 0 Å². The fraction of sp³-hybridized carbons (Fsp3) is 0.515.